The molecule has 0 saturated carbocycles. The van der Waals surface area contributed by atoms with Crippen molar-refractivity contribution < 1.29 is 14.2 Å². The van der Waals surface area contributed by atoms with E-state index in [1.54, 1.807) is 21.3 Å². The Morgan fingerprint density at radius 2 is 1.42 bits per heavy atom. The number of methoxy groups -OCH3 is 3. The Morgan fingerprint density at radius 1 is 0.731 bits per heavy atom. The van der Waals surface area contributed by atoms with Crippen LogP contribution in [0.3, 0.4) is 0 Å². The van der Waals surface area contributed by atoms with E-state index >= 15 is 0 Å². The van der Waals surface area contributed by atoms with Gasteiger partial charge in [0.2, 0.25) is 0 Å². The maximum absolute atomic E-state index is 5.46. The average Bonchev–Trinajstić information content (AvgIpc) is 2.70. The second-order valence-corrected chi connectivity index (χ2v) is 6.09. The normalized spacial score (nSPS) is 10.7. The molecule has 26 heavy (non-hydrogen) atoms. The highest BCUT2D eigenvalue weighted by molar-refractivity contribution is 5.91. The maximum Gasteiger partial charge on any atom is 0.160 e. The minimum atomic E-state index is 0.758. The van der Waals surface area contributed by atoms with Crippen molar-refractivity contribution in [3.63, 3.8) is 0 Å². The molecule has 3 aromatic rings. The lowest BCUT2D eigenvalue weighted by molar-refractivity contribution is 0.354. The van der Waals surface area contributed by atoms with E-state index in [1.165, 1.54) is 16.5 Å². The molecule has 0 amide bonds. The summed E-state index contributed by atoms with van der Waals surface area (Å²) in [6.45, 7) is 1.70. The van der Waals surface area contributed by atoms with E-state index in [-0.39, 0.29) is 0 Å². The van der Waals surface area contributed by atoms with E-state index in [0.29, 0.717) is 0 Å². The molecule has 1 N–H and O–H groups in total. The van der Waals surface area contributed by atoms with Gasteiger partial charge in [-0.1, -0.05) is 36.4 Å². The molecule has 0 saturated heterocycles. The van der Waals surface area contributed by atoms with E-state index in [4.69, 9.17) is 14.2 Å². The predicted octanol–water partition coefficient (Wildman–Crippen LogP) is 4.20. The van der Waals surface area contributed by atoms with E-state index in [0.717, 1.165) is 42.1 Å². The van der Waals surface area contributed by atoms with Crippen LogP contribution in [0.2, 0.25) is 0 Å². The number of hydrogen-bond acceptors (Lipinski definition) is 4. The maximum atomic E-state index is 5.46. The molecule has 0 aromatic heterocycles. The van der Waals surface area contributed by atoms with Gasteiger partial charge in [0.25, 0.3) is 0 Å². The van der Waals surface area contributed by atoms with E-state index in [9.17, 15) is 0 Å². The SMILES string of the molecule is COc1ccc(CCNCc2ccc(OC)c3ccccc23)cc1OC. The molecule has 0 heterocycles. The van der Waals surface area contributed by atoms with Gasteiger partial charge in [-0.2, -0.15) is 0 Å². The fourth-order valence-corrected chi connectivity index (χ4v) is 3.16. The molecule has 4 nitrogen and oxygen atoms in total. The zero-order valence-electron chi connectivity index (χ0n) is 15.5. The van der Waals surface area contributed by atoms with E-state index in [1.807, 2.05) is 24.3 Å². The van der Waals surface area contributed by atoms with Crippen LogP contribution in [0.25, 0.3) is 10.8 Å². The lowest BCUT2D eigenvalue weighted by atomic mass is 10.0. The Bertz CT molecular complexity index is 876. The molecule has 0 spiro atoms. The Balaban J connectivity index is 1.63. The molecule has 0 aliphatic rings. The number of rotatable bonds is 8. The molecule has 136 valence electrons. The van der Waals surface area contributed by atoms with Crippen molar-refractivity contribution in [2.45, 2.75) is 13.0 Å². The molecule has 0 aliphatic carbocycles. The molecule has 0 fully saturated rings. The molecule has 4 heteroatoms. The highest BCUT2D eigenvalue weighted by Crippen LogP contribution is 2.29. The fourth-order valence-electron chi connectivity index (χ4n) is 3.16. The van der Waals surface area contributed by atoms with Gasteiger partial charge in [0.05, 0.1) is 21.3 Å². The molecule has 0 atom stereocenters. The van der Waals surface area contributed by atoms with Crippen molar-refractivity contribution in [1.29, 1.82) is 0 Å². The molecular formula is C22H25NO3. The third-order valence-corrected chi connectivity index (χ3v) is 4.55. The van der Waals surface area contributed by atoms with Gasteiger partial charge in [-0.3, -0.25) is 0 Å². The minimum Gasteiger partial charge on any atom is -0.496 e. The molecule has 0 unspecified atom stereocenters. The van der Waals surface area contributed by atoms with Crippen LogP contribution in [0.1, 0.15) is 11.1 Å². The third-order valence-electron chi connectivity index (χ3n) is 4.55. The first-order valence-corrected chi connectivity index (χ1v) is 8.73. The van der Waals surface area contributed by atoms with Crippen LogP contribution >= 0.6 is 0 Å². The Labute approximate surface area is 154 Å². The summed E-state index contributed by atoms with van der Waals surface area (Å²) in [7, 11) is 5.02. The van der Waals surface area contributed by atoms with E-state index < -0.39 is 0 Å². The first-order chi connectivity index (χ1) is 12.8. The second-order valence-electron chi connectivity index (χ2n) is 6.09. The predicted molar refractivity (Wildman–Crippen MR) is 105 cm³/mol. The van der Waals surface area contributed by atoms with Crippen LogP contribution < -0.4 is 19.5 Å². The van der Waals surface area contributed by atoms with Crippen LogP contribution in [0.5, 0.6) is 17.2 Å². The monoisotopic (exact) mass is 351 g/mol. The van der Waals surface area contributed by atoms with E-state index in [2.05, 4.69) is 35.6 Å². The van der Waals surface area contributed by atoms with Gasteiger partial charge in [-0.05, 0) is 47.7 Å². The van der Waals surface area contributed by atoms with Gasteiger partial charge in [-0.25, -0.2) is 0 Å². The smallest absolute Gasteiger partial charge is 0.160 e. The van der Waals surface area contributed by atoms with Gasteiger partial charge in [0, 0.05) is 11.9 Å². The molecular weight excluding hydrogens is 326 g/mol. The zero-order valence-corrected chi connectivity index (χ0v) is 15.5. The van der Waals surface area contributed by atoms with Gasteiger partial charge in [0.1, 0.15) is 5.75 Å². The third kappa shape index (κ3) is 3.92. The number of hydrogen-bond donors (Lipinski definition) is 1. The Morgan fingerprint density at radius 3 is 2.15 bits per heavy atom. The summed E-state index contributed by atoms with van der Waals surface area (Å²) in [6, 6.07) is 18.6. The molecule has 0 aliphatic heterocycles. The van der Waals surface area contributed by atoms with Crippen LogP contribution in [0.4, 0.5) is 0 Å². The summed E-state index contributed by atoms with van der Waals surface area (Å²) in [5.41, 5.74) is 2.49. The summed E-state index contributed by atoms with van der Waals surface area (Å²) in [4.78, 5) is 0. The minimum absolute atomic E-state index is 0.758. The van der Waals surface area contributed by atoms with Crippen molar-refractivity contribution in [3.8, 4) is 17.2 Å². The first kappa shape index (κ1) is 18.1. The lowest BCUT2D eigenvalue weighted by Gasteiger charge is -2.12. The topological polar surface area (TPSA) is 39.7 Å². The highest BCUT2D eigenvalue weighted by atomic mass is 16.5. The molecule has 3 aromatic carbocycles. The lowest BCUT2D eigenvalue weighted by Crippen LogP contribution is -2.17. The number of ether oxygens (including phenoxy) is 3. The van der Waals surface area contributed by atoms with Crippen LogP contribution in [-0.2, 0) is 13.0 Å². The van der Waals surface area contributed by atoms with Gasteiger partial charge in [0.15, 0.2) is 11.5 Å². The average molecular weight is 351 g/mol. The Kier molecular flexibility index (Phi) is 5.97. The van der Waals surface area contributed by atoms with Crippen LogP contribution in [-0.4, -0.2) is 27.9 Å². The van der Waals surface area contributed by atoms with Crippen molar-refractivity contribution >= 4 is 10.8 Å². The number of nitrogens with one attached hydrogen (secondary N) is 1. The zero-order chi connectivity index (χ0) is 18.4. The number of benzene rings is 3. The van der Waals surface area contributed by atoms with Crippen molar-refractivity contribution in [1.82, 2.24) is 5.32 Å². The van der Waals surface area contributed by atoms with Gasteiger partial charge < -0.3 is 19.5 Å². The summed E-state index contributed by atoms with van der Waals surface area (Å²) in [5, 5.41) is 5.91. The second kappa shape index (κ2) is 8.59. The number of fused-ring (bicyclic) bond motifs is 1. The van der Waals surface area contributed by atoms with Crippen molar-refractivity contribution in [3.05, 3.63) is 65.7 Å². The van der Waals surface area contributed by atoms with Crippen LogP contribution in [0.15, 0.2) is 54.6 Å². The van der Waals surface area contributed by atoms with Crippen molar-refractivity contribution in [2.24, 2.45) is 0 Å². The summed E-state index contributed by atoms with van der Waals surface area (Å²) in [6.07, 6.45) is 0.925. The largest absolute Gasteiger partial charge is 0.496 e. The molecule has 0 radical (unpaired) electrons. The van der Waals surface area contributed by atoms with Crippen molar-refractivity contribution in [2.75, 3.05) is 27.9 Å². The Hall–Kier alpha value is -2.72. The summed E-state index contributed by atoms with van der Waals surface area (Å²) >= 11 is 0. The fraction of sp³-hybridized carbons (Fsp3) is 0.273. The summed E-state index contributed by atoms with van der Waals surface area (Å²) in [5.74, 6) is 2.44. The summed E-state index contributed by atoms with van der Waals surface area (Å²) < 4.78 is 16.1. The first-order valence-electron chi connectivity index (χ1n) is 8.73. The quantitative estimate of drug-likeness (QED) is 0.618. The standard InChI is InChI=1S/C22H25NO3/c1-24-20-11-9-17(18-6-4-5-7-19(18)20)15-23-13-12-16-8-10-21(25-2)22(14-16)26-3/h4-11,14,23H,12-13,15H2,1-3H3. The van der Waals surface area contributed by atoms with Gasteiger partial charge in [-0.15, -0.1) is 0 Å². The van der Waals surface area contributed by atoms with Crippen LogP contribution in [0, 0.1) is 0 Å². The van der Waals surface area contributed by atoms with Gasteiger partial charge >= 0.3 is 0 Å². The molecule has 0 bridgehead atoms. The molecule has 3 rings (SSSR count). The highest BCUT2D eigenvalue weighted by Gasteiger charge is 2.07.